The lowest BCUT2D eigenvalue weighted by atomic mass is 10.2. The topological polar surface area (TPSA) is 110 Å². The number of fused-ring (bicyclic) bond motifs is 1. The molecule has 0 aliphatic carbocycles. The zero-order valence-electron chi connectivity index (χ0n) is 15.9. The molecule has 0 bridgehead atoms. The number of carboxylic acid groups (broad SMARTS) is 1. The highest BCUT2D eigenvalue weighted by atomic mass is 35.5. The lowest BCUT2D eigenvalue weighted by Gasteiger charge is -2.08. The Balaban J connectivity index is 1.46. The predicted octanol–water partition coefficient (Wildman–Crippen LogP) is 4.96. The van der Waals surface area contributed by atoms with Gasteiger partial charge in [0.2, 0.25) is 5.91 Å². The summed E-state index contributed by atoms with van der Waals surface area (Å²) in [5.74, 6) is -0.415. The van der Waals surface area contributed by atoms with Crippen LogP contribution in [-0.4, -0.2) is 37.5 Å². The number of furan rings is 1. The molecule has 4 rings (SSSR count). The highest BCUT2D eigenvalue weighted by molar-refractivity contribution is 7.99. The van der Waals surface area contributed by atoms with E-state index in [1.807, 2.05) is 6.07 Å². The Labute approximate surface area is 190 Å². The fraction of sp³-hybridized carbons (Fsp3) is 0.100. The van der Waals surface area contributed by atoms with Crippen LogP contribution in [0.4, 0.5) is 5.69 Å². The van der Waals surface area contributed by atoms with Gasteiger partial charge in [-0.2, -0.15) is 0 Å². The Morgan fingerprint density at radius 2 is 1.97 bits per heavy atom. The molecule has 158 valence electrons. The molecule has 11 heteroatoms. The maximum Gasteiger partial charge on any atom is 0.335 e. The molecular formula is C20H14Cl2N4O4S. The number of carboxylic acids is 1. The van der Waals surface area contributed by atoms with Crippen LogP contribution in [0.15, 0.2) is 52.0 Å². The quantitative estimate of drug-likeness (QED) is 0.378. The van der Waals surface area contributed by atoms with Crippen molar-refractivity contribution in [2.24, 2.45) is 7.05 Å². The fourth-order valence-electron chi connectivity index (χ4n) is 2.85. The van der Waals surface area contributed by atoms with E-state index in [4.69, 9.17) is 32.7 Å². The predicted molar refractivity (Wildman–Crippen MR) is 119 cm³/mol. The second-order valence-electron chi connectivity index (χ2n) is 6.49. The van der Waals surface area contributed by atoms with Gasteiger partial charge in [0.05, 0.1) is 22.0 Å². The highest BCUT2D eigenvalue weighted by Gasteiger charge is 2.17. The Morgan fingerprint density at radius 1 is 1.16 bits per heavy atom. The monoisotopic (exact) mass is 476 g/mol. The lowest BCUT2D eigenvalue weighted by molar-refractivity contribution is -0.113. The molecule has 0 saturated carbocycles. The van der Waals surface area contributed by atoms with Crippen LogP contribution >= 0.6 is 35.0 Å². The van der Waals surface area contributed by atoms with E-state index in [1.165, 1.54) is 30.0 Å². The number of aromatic carboxylic acids is 1. The third-order valence-electron chi connectivity index (χ3n) is 4.35. The molecule has 2 N–H and O–H groups in total. The van der Waals surface area contributed by atoms with Crippen LogP contribution in [0.25, 0.3) is 22.6 Å². The van der Waals surface area contributed by atoms with Crippen molar-refractivity contribution in [3.63, 3.8) is 0 Å². The molecule has 0 saturated heterocycles. The lowest BCUT2D eigenvalue weighted by Crippen LogP contribution is -2.15. The van der Waals surface area contributed by atoms with Crippen LogP contribution in [0.5, 0.6) is 0 Å². The first-order valence-electron chi connectivity index (χ1n) is 8.86. The highest BCUT2D eigenvalue weighted by Crippen LogP contribution is 2.30. The van der Waals surface area contributed by atoms with Crippen LogP contribution in [0.3, 0.4) is 0 Å². The smallest absolute Gasteiger partial charge is 0.335 e. The van der Waals surface area contributed by atoms with Crippen LogP contribution in [0.2, 0.25) is 10.0 Å². The van der Waals surface area contributed by atoms with Gasteiger partial charge in [-0.25, -0.2) is 4.79 Å². The molecule has 0 radical (unpaired) electrons. The second-order valence-corrected chi connectivity index (χ2v) is 8.28. The van der Waals surface area contributed by atoms with E-state index < -0.39 is 5.97 Å². The summed E-state index contributed by atoms with van der Waals surface area (Å²) in [5.41, 5.74) is 0.931. The number of aromatic nitrogens is 3. The van der Waals surface area contributed by atoms with Gasteiger partial charge in [-0.05, 0) is 42.5 Å². The van der Waals surface area contributed by atoms with E-state index in [2.05, 4.69) is 15.5 Å². The van der Waals surface area contributed by atoms with Gasteiger partial charge in [-0.1, -0.05) is 35.0 Å². The summed E-state index contributed by atoms with van der Waals surface area (Å²) in [7, 11) is 1.77. The van der Waals surface area contributed by atoms with Crippen molar-refractivity contribution in [3.05, 3.63) is 58.1 Å². The summed E-state index contributed by atoms with van der Waals surface area (Å²) in [6.07, 6.45) is 0. The zero-order valence-corrected chi connectivity index (χ0v) is 18.3. The van der Waals surface area contributed by atoms with Crippen molar-refractivity contribution in [2.45, 2.75) is 5.16 Å². The van der Waals surface area contributed by atoms with E-state index in [1.54, 1.807) is 29.8 Å². The minimum atomic E-state index is -1.11. The van der Waals surface area contributed by atoms with Gasteiger partial charge in [0, 0.05) is 17.5 Å². The van der Waals surface area contributed by atoms with Gasteiger partial charge in [-0.15, -0.1) is 10.2 Å². The number of anilines is 1. The molecule has 0 unspecified atom stereocenters. The third-order valence-corrected chi connectivity index (χ3v) is 5.94. The van der Waals surface area contributed by atoms with E-state index in [-0.39, 0.29) is 27.9 Å². The second kappa shape index (κ2) is 8.62. The van der Waals surface area contributed by atoms with E-state index in [0.29, 0.717) is 27.3 Å². The number of halogens is 2. The summed E-state index contributed by atoms with van der Waals surface area (Å²) in [6, 6.07) is 11.2. The van der Waals surface area contributed by atoms with Crippen molar-refractivity contribution in [1.82, 2.24) is 14.8 Å². The molecule has 0 fully saturated rings. The SMILES string of the molecule is Cn1c(SCC(=O)Nc2cc(C(=O)O)ccc2Cl)nnc1-c1cc2cc(Cl)ccc2o1. The van der Waals surface area contributed by atoms with E-state index in [0.717, 1.165) is 5.39 Å². The third kappa shape index (κ3) is 4.53. The summed E-state index contributed by atoms with van der Waals surface area (Å²) in [4.78, 5) is 23.4. The number of benzene rings is 2. The maximum atomic E-state index is 12.3. The number of nitrogens with zero attached hydrogens (tertiary/aromatic N) is 3. The number of hydrogen-bond donors (Lipinski definition) is 2. The molecule has 2 aromatic heterocycles. The number of hydrogen-bond acceptors (Lipinski definition) is 6. The van der Waals surface area contributed by atoms with Crippen molar-refractivity contribution < 1.29 is 19.1 Å². The van der Waals surface area contributed by atoms with Crippen molar-refractivity contribution >= 4 is 63.5 Å². The molecule has 31 heavy (non-hydrogen) atoms. The molecule has 1 amide bonds. The molecule has 0 aliphatic rings. The number of carbonyl (C=O) groups excluding carboxylic acids is 1. The van der Waals surface area contributed by atoms with Crippen LogP contribution in [0.1, 0.15) is 10.4 Å². The first kappa shape index (κ1) is 21.2. The Bertz CT molecular complexity index is 1320. The minimum Gasteiger partial charge on any atom is -0.478 e. The molecule has 2 heterocycles. The first-order valence-corrected chi connectivity index (χ1v) is 10.6. The molecule has 0 aliphatic heterocycles. The summed E-state index contributed by atoms with van der Waals surface area (Å²) in [5, 5.41) is 22.2. The molecule has 8 nitrogen and oxygen atoms in total. The average molecular weight is 477 g/mol. The average Bonchev–Trinajstić information content (AvgIpc) is 3.30. The Morgan fingerprint density at radius 3 is 2.74 bits per heavy atom. The summed E-state index contributed by atoms with van der Waals surface area (Å²) < 4.78 is 7.54. The van der Waals surface area contributed by atoms with Gasteiger partial charge < -0.3 is 19.4 Å². The molecule has 0 atom stereocenters. The number of rotatable bonds is 6. The minimum absolute atomic E-state index is 0.0232. The van der Waals surface area contributed by atoms with Gasteiger partial charge in [0.1, 0.15) is 5.58 Å². The normalized spacial score (nSPS) is 11.1. The van der Waals surface area contributed by atoms with Gasteiger partial charge in [0.15, 0.2) is 16.7 Å². The number of amides is 1. The van der Waals surface area contributed by atoms with Crippen molar-refractivity contribution in [3.8, 4) is 11.6 Å². The Kier molecular flexibility index (Phi) is 5.90. The number of nitrogens with one attached hydrogen (secondary N) is 1. The standard InChI is InChI=1S/C20H14Cl2N4O4S/c1-26-18(16-8-11-6-12(21)3-5-15(11)30-16)24-25-20(26)31-9-17(27)23-14-7-10(19(28)29)2-4-13(14)22/h2-8H,9H2,1H3,(H,23,27)(H,28,29). The van der Waals surface area contributed by atoms with Crippen LogP contribution in [-0.2, 0) is 11.8 Å². The zero-order chi connectivity index (χ0) is 22.1. The van der Waals surface area contributed by atoms with E-state index in [9.17, 15) is 9.59 Å². The molecule has 2 aromatic carbocycles. The summed E-state index contributed by atoms with van der Waals surface area (Å²) in [6.45, 7) is 0. The van der Waals surface area contributed by atoms with Gasteiger partial charge in [0.25, 0.3) is 0 Å². The van der Waals surface area contributed by atoms with Crippen molar-refractivity contribution in [1.29, 1.82) is 0 Å². The fourth-order valence-corrected chi connectivity index (χ4v) is 3.91. The summed E-state index contributed by atoms with van der Waals surface area (Å²) >= 11 is 13.2. The molecular weight excluding hydrogens is 463 g/mol. The van der Waals surface area contributed by atoms with Crippen LogP contribution < -0.4 is 5.32 Å². The van der Waals surface area contributed by atoms with Crippen molar-refractivity contribution in [2.75, 3.05) is 11.1 Å². The van der Waals surface area contributed by atoms with Gasteiger partial charge >= 0.3 is 5.97 Å². The van der Waals surface area contributed by atoms with E-state index >= 15 is 0 Å². The van der Waals surface area contributed by atoms with Gasteiger partial charge in [-0.3, -0.25) is 4.79 Å². The Hall–Kier alpha value is -3.01. The largest absolute Gasteiger partial charge is 0.478 e. The van der Waals surface area contributed by atoms with Crippen LogP contribution in [0, 0.1) is 0 Å². The molecule has 0 spiro atoms. The molecule has 4 aromatic rings. The number of carbonyl (C=O) groups is 2. The first-order chi connectivity index (χ1) is 14.8. The number of thioether (sulfide) groups is 1. The maximum absolute atomic E-state index is 12.3.